The molecule has 0 aromatic heterocycles. The van der Waals surface area contributed by atoms with Gasteiger partial charge in [0, 0.05) is 13.1 Å². The minimum absolute atomic E-state index is 0.375. The van der Waals surface area contributed by atoms with Crippen LogP contribution >= 0.6 is 0 Å². The quantitative estimate of drug-likeness (QED) is 0.644. The van der Waals surface area contributed by atoms with E-state index < -0.39 is 0 Å². The number of carbonyl (C=O) groups is 1. The summed E-state index contributed by atoms with van der Waals surface area (Å²) in [5, 5.41) is 0. The summed E-state index contributed by atoms with van der Waals surface area (Å²) in [6.07, 6.45) is 2.34. The van der Waals surface area contributed by atoms with Gasteiger partial charge in [0.05, 0.1) is 24.0 Å². The van der Waals surface area contributed by atoms with E-state index in [-0.39, 0.29) is 5.97 Å². The number of esters is 1. The van der Waals surface area contributed by atoms with Gasteiger partial charge in [-0.15, -0.1) is 0 Å². The van der Waals surface area contributed by atoms with Crippen molar-refractivity contribution in [3.63, 3.8) is 0 Å². The van der Waals surface area contributed by atoms with Crippen molar-refractivity contribution in [2.45, 2.75) is 19.8 Å². The molecule has 1 aliphatic rings. The molecule has 0 atom stereocenters. The van der Waals surface area contributed by atoms with E-state index in [4.69, 9.17) is 10.5 Å². The molecular weight excluding hydrogens is 228 g/mol. The highest BCUT2D eigenvalue weighted by molar-refractivity contribution is 5.98. The second kappa shape index (κ2) is 5.29. The van der Waals surface area contributed by atoms with Gasteiger partial charge in [-0.2, -0.15) is 0 Å². The maximum absolute atomic E-state index is 11.6. The van der Waals surface area contributed by atoms with Crippen LogP contribution in [0.1, 0.15) is 30.1 Å². The Labute approximate surface area is 108 Å². The first-order valence-electron chi connectivity index (χ1n) is 6.35. The first kappa shape index (κ1) is 12.7. The number of carbonyl (C=O) groups excluding carboxylic acids is 1. The molecule has 1 heterocycles. The smallest absolute Gasteiger partial charge is 0.340 e. The minimum Gasteiger partial charge on any atom is -0.465 e. The molecular formula is C14H20N2O2. The van der Waals surface area contributed by atoms with E-state index in [1.807, 2.05) is 12.1 Å². The number of para-hydroxylation sites is 1. The van der Waals surface area contributed by atoms with Crippen molar-refractivity contribution in [3.05, 3.63) is 23.8 Å². The second-order valence-electron chi connectivity index (χ2n) is 4.90. The molecule has 0 unspecified atom stereocenters. The fraction of sp³-hybridized carbons (Fsp3) is 0.500. The molecule has 1 aliphatic heterocycles. The summed E-state index contributed by atoms with van der Waals surface area (Å²) in [5.41, 5.74) is 8.01. The highest BCUT2D eigenvalue weighted by Crippen LogP contribution is 2.30. The Bertz CT molecular complexity index is 437. The van der Waals surface area contributed by atoms with Gasteiger partial charge in [0.15, 0.2) is 0 Å². The lowest BCUT2D eigenvalue weighted by molar-refractivity contribution is 0.0602. The zero-order chi connectivity index (χ0) is 13.1. The van der Waals surface area contributed by atoms with E-state index in [0.717, 1.165) is 24.7 Å². The van der Waals surface area contributed by atoms with Crippen LogP contribution in [0.15, 0.2) is 18.2 Å². The Morgan fingerprint density at radius 2 is 2.06 bits per heavy atom. The summed E-state index contributed by atoms with van der Waals surface area (Å²) in [6.45, 7) is 4.26. The average molecular weight is 248 g/mol. The van der Waals surface area contributed by atoms with Crippen molar-refractivity contribution in [3.8, 4) is 0 Å². The van der Waals surface area contributed by atoms with Gasteiger partial charge in [-0.25, -0.2) is 4.79 Å². The predicted molar refractivity (Wildman–Crippen MR) is 72.8 cm³/mol. The van der Waals surface area contributed by atoms with Crippen LogP contribution in [0.4, 0.5) is 11.4 Å². The van der Waals surface area contributed by atoms with Gasteiger partial charge in [-0.1, -0.05) is 13.0 Å². The summed E-state index contributed by atoms with van der Waals surface area (Å²) in [7, 11) is 1.37. The van der Waals surface area contributed by atoms with Crippen LogP contribution in [0.25, 0.3) is 0 Å². The van der Waals surface area contributed by atoms with Crippen LogP contribution in [0.2, 0.25) is 0 Å². The number of hydrogen-bond donors (Lipinski definition) is 1. The Hall–Kier alpha value is -1.71. The molecule has 4 nitrogen and oxygen atoms in total. The molecule has 1 aromatic carbocycles. The summed E-state index contributed by atoms with van der Waals surface area (Å²) in [6, 6.07) is 5.53. The second-order valence-corrected chi connectivity index (χ2v) is 4.90. The highest BCUT2D eigenvalue weighted by atomic mass is 16.5. The zero-order valence-electron chi connectivity index (χ0n) is 11.0. The Morgan fingerprint density at radius 3 is 2.67 bits per heavy atom. The minimum atomic E-state index is -0.375. The third-order valence-corrected chi connectivity index (χ3v) is 3.61. The maximum atomic E-state index is 11.6. The van der Waals surface area contributed by atoms with Gasteiger partial charge < -0.3 is 15.4 Å². The summed E-state index contributed by atoms with van der Waals surface area (Å²) >= 11 is 0. The van der Waals surface area contributed by atoms with Crippen molar-refractivity contribution in [1.29, 1.82) is 0 Å². The number of piperidine rings is 1. The topological polar surface area (TPSA) is 55.6 Å². The lowest BCUT2D eigenvalue weighted by Gasteiger charge is -2.33. The molecule has 18 heavy (non-hydrogen) atoms. The number of hydrogen-bond acceptors (Lipinski definition) is 4. The highest BCUT2D eigenvalue weighted by Gasteiger charge is 2.20. The fourth-order valence-electron chi connectivity index (χ4n) is 2.37. The van der Waals surface area contributed by atoms with Crippen molar-refractivity contribution in [2.24, 2.45) is 5.92 Å². The Kier molecular flexibility index (Phi) is 3.75. The lowest BCUT2D eigenvalue weighted by atomic mass is 9.98. The van der Waals surface area contributed by atoms with E-state index in [2.05, 4.69) is 11.8 Å². The summed E-state index contributed by atoms with van der Waals surface area (Å²) in [5.74, 6) is 0.394. The van der Waals surface area contributed by atoms with Crippen LogP contribution in [0, 0.1) is 5.92 Å². The number of rotatable bonds is 2. The van der Waals surface area contributed by atoms with E-state index in [1.54, 1.807) is 6.07 Å². The Balaban J connectivity index is 2.26. The number of ether oxygens (including phenoxy) is 1. The summed E-state index contributed by atoms with van der Waals surface area (Å²) in [4.78, 5) is 13.9. The number of nitrogen functional groups attached to an aromatic ring is 1. The van der Waals surface area contributed by atoms with Crippen LogP contribution in [0.3, 0.4) is 0 Å². The normalized spacial score (nSPS) is 16.7. The van der Waals surface area contributed by atoms with Crippen molar-refractivity contribution >= 4 is 17.3 Å². The van der Waals surface area contributed by atoms with E-state index in [1.165, 1.54) is 20.0 Å². The SMILES string of the molecule is COC(=O)c1cccc(N2CCC(C)CC2)c1N. The zero-order valence-corrected chi connectivity index (χ0v) is 11.0. The molecule has 1 saturated heterocycles. The number of methoxy groups -OCH3 is 1. The predicted octanol–water partition coefficient (Wildman–Crippen LogP) is 2.29. The van der Waals surface area contributed by atoms with Crippen LogP contribution in [-0.2, 0) is 4.74 Å². The standard InChI is InChI=1S/C14H20N2O2/c1-10-6-8-16(9-7-10)12-5-3-4-11(13(12)15)14(17)18-2/h3-5,10H,6-9,15H2,1-2H3. The monoisotopic (exact) mass is 248 g/mol. The molecule has 2 N–H and O–H groups in total. The van der Waals surface area contributed by atoms with Gasteiger partial charge in [0.25, 0.3) is 0 Å². The van der Waals surface area contributed by atoms with Crippen molar-refractivity contribution < 1.29 is 9.53 Å². The molecule has 1 aromatic rings. The van der Waals surface area contributed by atoms with E-state index in [0.29, 0.717) is 11.3 Å². The largest absolute Gasteiger partial charge is 0.465 e. The number of benzene rings is 1. The molecule has 0 spiro atoms. The molecule has 0 aliphatic carbocycles. The van der Waals surface area contributed by atoms with Crippen molar-refractivity contribution in [2.75, 3.05) is 30.8 Å². The van der Waals surface area contributed by atoms with Gasteiger partial charge in [-0.05, 0) is 30.9 Å². The number of anilines is 2. The van der Waals surface area contributed by atoms with Gasteiger partial charge in [-0.3, -0.25) is 0 Å². The first-order valence-corrected chi connectivity index (χ1v) is 6.35. The van der Waals surface area contributed by atoms with Gasteiger partial charge in [0.2, 0.25) is 0 Å². The molecule has 0 saturated carbocycles. The average Bonchev–Trinajstić information content (AvgIpc) is 2.39. The first-order chi connectivity index (χ1) is 8.63. The molecule has 0 amide bonds. The fourth-order valence-corrected chi connectivity index (χ4v) is 2.37. The van der Waals surface area contributed by atoms with E-state index >= 15 is 0 Å². The van der Waals surface area contributed by atoms with Crippen molar-refractivity contribution in [1.82, 2.24) is 0 Å². The third-order valence-electron chi connectivity index (χ3n) is 3.61. The maximum Gasteiger partial charge on any atom is 0.340 e. The molecule has 0 bridgehead atoms. The molecule has 98 valence electrons. The lowest BCUT2D eigenvalue weighted by Crippen LogP contribution is -2.33. The molecule has 2 rings (SSSR count). The van der Waals surface area contributed by atoms with E-state index in [9.17, 15) is 4.79 Å². The third kappa shape index (κ3) is 2.42. The van der Waals surface area contributed by atoms with Gasteiger partial charge >= 0.3 is 5.97 Å². The van der Waals surface area contributed by atoms with Crippen LogP contribution < -0.4 is 10.6 Å². The van der Waals surface area contributed by atoms with Crippen LogP contribution in [-0.4, -0.2) is 26.2 Å². The molecule has 1 fully saturated rings. The van der Waals surface area contributed by atoms with Gasteiger partial charge in [0.1, 0.15) is 0 Å². The Morgan fingerprint density at radius 1 is 1.39 bits per heavy atom. The molecule has 4 heteroatoms. The van der Waals surface area contributed by atoms with Crippen LogP contribution in [0.5, 0.6) is 0 Å². The molecule has 0 radical (unpaired) electrons. The summed E-state index contributed by atoms with van der Waals surface area (Å²) < 4.78 is 4.74. The number of nitrogens with two attached hydrogens (primary N) is 1. The number of nitrogens with zero attached hydrogens (tertiary/aromatic N) is 1.